The van der Waals surface area contributed by atoms with Gasteiger partial charge in [0.15, 0.2) is 0 Å². The van der Waals surface area contributed by atoms with Gasteiger partial charge in [0.2, 0.25) is 0 Å². The third-order valence-corrected chi connectivity index (χ3v) is 5.64. The maximum Gasteiger partial charge on any atom is 3.00 e. The Morgan fingerprint density at radius 3 is 0.645 bits per heavy atom. The molecule has 0 atom stereocenters. The summed E-state index contributed by atoms with van der Waals surface area (Å²) in [5, 5.41) is 0. The largest absolute Gasteiger partial charge is 3.00 e. The van der Waals surface area contributed by atoms with Crippen LogP contribution in [0.5, 0.6) is 0 Å². The molecule has 0 aromatic heterocycles. The summed E-state index contributed by atoms with van der Waals surface area (Å²) in [6.45, 7) is 0. The quantitative estimate of drug-likeness (QED) is 0.433. The molecule has 0 aliphatic rings. The van der Waals surface area contributed by atoms with Crippen molar-refractivity contribution in [2.45, 2.75) is 14.7 Å². The first-order chi connectivity index (χ1) is 13.8. The first kappa shape index (κ1) is 29.5. The van der Waals surface area contributed by atoms with Gasteiger partial charge in [0.05, 0.1) is 14.7 Å². The molecule has 0 saturated carbocycles. The fourth-order valence-electron chi connectivity index (χ4n) is 1.76. The Morgan fingerprint density at radius 1 is 0.387 bits per heavy atom. The molecule has 13 heteroatoms. The van der Waals surface area contributed by atoms with E-state index in [0.717, 1.165) is 0 Å². The Bertz CT molecular complexity index is 1070. The zero-order chi connectivity index (χ0) is 22.8. The van der Waals surface area contributed by atoms with Gasteiger partial charge in [0.25, 0.3) is 0 Å². The molecule has 0 unspecified atom stereocenters. The molecule has 0 heterocycles. The molecule has 0 N–H and O–H groups in total. The molecule has 0 amide bonds. The molecular weight excluding hydrogens is 545 g/mol. The fraction of sp³-hybridized carbons (Fsp3) is 0. The Morgan fingerprint density at radius 2 is 0.548 bits per heavy atom. The molecule has 0 aliphatic carbocycles. The number of hydrogen-bond acceptors (Lipinski definition) is 9. The van der Waals surface area contributed by atoms with Crippen molar-refractivity contribution in [3.63, 3.8) is 0 Å². The molecule has 0 fully saturated rings. The van der Waals surface area contributed by atoms with E-state index >= 15 is 0 Å². The van der Waals surface area contributed by atoms with Crippen LogP contribution in [0.2, 0.25) is 0 Å². The van der Waals surface area contributed by atoms with E-state index in [2.05, 4.69) is 0 Å². The van der Waals surface area contributed by atoms with Gasteiger partial charge in [-0.2, -0.15) is 0 Å². The van der Waals surface area contributed by atoms with Crippen LogP contribution in [0.4, 0.5) is 0 Å². The predicted octanol–water partition coefficient (Wildman–Crippen LogP) is 1.77. The van der Waals surface area contributed by atoms with E-state index in [4.69, 9.17) is 0 Å². The number of hydrogen-bond donors (Lipinski definition) is 0. The predicted molar refractivity (Wildman–Crippen MR) is 103 cm³/mol. The molecular formula is C18H15O9S3Y. The third-order valence-electron chi connectivity index (χ3n) is 3.10. The van der Waals surface area contributed by atoms with Crippen LogP contribution in [0.3, 0.4) is 0 Å². The molecule has 162 valence electrons. The molecule has 0 aliphatic heterocycles. The summed E-state index contributed by atoms with van der Waals surface area (Å²) >= 11 is 0. The first-order valence-corrected chi connectivity index (χ1v) is 12.1. The van der Waals surface area contributed by atoms with Crippen LogP contribution in [0.1, 0.15) is 0 Å². The Labute approximate surface area is 206 Å². The summed E-state index contributed by atoms with van der Waals surface area (Å²) in [6.07, 6.45) is 0. The van der Waals surface area contributed by atoms with Crippen molar-refractivity contribution in [2.75, 3.05) is 0 Å². The average molecular weight is 560 g/mol. The molecule has 0 saturated heterocycles. The summed E-state index contributed by atoms with van der Waals surface area (Å²) in [5.41, 5.74) is 0. The zero-order valence-electron chi connectivity index (χ0n) is 15.6. The van der Waals surface area contributed by atoms with Gasteiger partial charge in [-0.3, -0.25) is 0 Å². The smallest absolute Gasteiger partial charge is 0.744 e. The van der Waals surface area contributed by atoms with Gasteiger partial charge < -0.3 is 13.7 Å². The first-order valence-electron chi connectivity index (χ1n) is 7.84. The van der Waals surface area contributed by atoms with Crippen LogP contribution in [-0.2, 0) is 63.1 Å². The SMILES string of the molecule is O=S(=O)([O-])c1ccccc1.O=S(=O)([O-])c1ccccc1.O=S(=O)([O-])c1ccccc1.[Y+3]. The Balaban J connectivity index is 0.000000429. The van der Waals surface area contributed by atoms with Crippen LogP contribution in [0.25, 0.3) is 0 Å². The van der Waals surface area contributed by atoms with Gasteiger partial charge in [-0.15, -0.1) is 0 Å². The topological polar surface area (TPSA) is 172 Å². The Hall–Kier alpha value is -1.51. The van der Waals surface area contributed by atoms with Crippen LogP contribution in [0.15, 0.2) is 106 Å². The van der Waals surface area contributed by atoms with E-state index in [-0.39, 0.29) is 47.4 Å². The van der Waals surface area contributed by atoms with Crippen molar-refractivity contribution < 1.29 is 71.6 Å². The second-order valence-electron chi connectivity index (χ2n) is 5.30. The normalized spacial score (nSPS) is 10.9. The summed E-state index contributed by atoms with van der Waals surface area (Å²) in [5.74, 6) is 0. The summed E-state index contributed by atoms with van der Waals surface area (Å²) in [6, 6.07) is 21.6. The van der Waals surface area contributed by atoms with Gasteiger partial charge in [-0.05, 0) is 36.4 Å². The average Bonchev–Trinajstić information content (AvgIpc) is 2.69. The second kappa shape index (κ2) is 13.1. The zero-order valence-corrected chi connectivity index (χ0v) is 20.9. The summed E-state index contributed by atoms with van der Waals surface area (Å²) in [7, 11) is -12.8. The van der Waals surface area contributed by atoms with Gasteiger partial charge >= 0.3 is 32.7 Å². The van der Waals surface area contributed by atoms with Crippen molar-refractivity contribution >= 4 is 30.4 Å². The molecule has 3 aromatic rings. The monoisotopic (exact) mass is 560 g/mol. The fourth-order valence-corrected chi connectivity index (χ4v) is 3.23. The van der Waals surface area contributed by atoms with Crippen LogP contribution in [-0.4, -0.2) is 38.9 Å². The second-order valence-corrected chi connectivity index (χ2v) is 9.44. The van der Waals surface area contributed by atoms with Crippen molar-refractivity contribution in [3.05, 3.63) is 91.0 Å². The van der Waals surface area contributed by atoms with Crippen LogP contribution in [0, 0.1) is 0 Å². The maximum absolute atomic E-state index is 10.3. The maximum atomic E-state index is 10.3. The van der Waals surface area contributed by atoms with Crippen LogP contribution < -0.4 is 0 Å². The third kappa shape index (κ3) is 12.2. The van der Waals surface area contributed by atoms with E-state index in [9.17, 15) is 38.9 Å². The van der Waals surface area contributed by atoms with E-state index in [1.807, 2.05) is 0 Å². The van der Waals surface area contributed by atoms with Gasteiger partial charge in [-0.25, -0.2) is 25.3 Å². The molecule has 3 rings (SSSR count). The molecule has 0 spiro atoms. The van der Waals surface area contributed by atoms with Crippen molar-refractivity contribution in [1.82, 2.24) is 0 Å². The minimum atomic E-state index is -4.25. The summed E-state index contributed by atoms with van der Waals surface area (Å²) < 4.78 is 92.5. The molecule has 0 bridgehead atoms. The van der Waals surface area contributed by atoms with Crippen molar-refractivity contribution in [1.29, 1.82) is 0 Å². The van der Waals surface area contributed by atoms with E-state index in [1.165, 1.54) is 72.8 Å². The molecule has 0 radical (unpaired) electrons. The van der Waals surface area contributed by atoms with Crippen molar-refractivity contribution in [3.8, 4) is 0 Å². The number of benzene rings is 3. The van der Waals surface area contributed by atoms with Crippen molar-refractivity contribution in [2.24, 2.45) is 0 Å². The van der Waals surface area contributed by atoms with Gasteiger partial charge in [0.1, 0.15) is 30.4 Å². The van der Waals surface area contributed by atoms with Crippen LogP contribution >= 0.6 is 0 Å². The minimum Gasteiger partial charge on any atom is -0.744 e. The van der Waals surface area contributed by atoms with Gasteiger partial charge in [0, 0.05) is 0 Å². The Kier molecular flexibility index (Phi) is 12.5. The van der Waals surface area contributed by atoms with E-state index in [1.54, 1.807) is 18.2 Å². The summed E-state index contributed by atoms with van der Waals surface area (Å²) in [4.78, 5) is -0.556. The molecule has 3 aromatic carbocycles. The molecule has 31 heavy (non-hydrogen) atoms. The van der Waals surface area contributed by atoms with E-state index < -0.39 is 30.4 Å². The standard InChI is InChI=1S/3C6H6O3S.Y/c3*7-10(8,9)6-4-2-1-3-5-6;/h3*1-5H,(H,7,8,9);/q;;;+3/p-3. The minimum absolute atomic E-state index is 0. The van der Waals surface area contributed by atoms with Gasteiger partial charge in [-0.1, -0.05) is 54.6 Å². The van der Waals surface area contributed by atoms with E-state index in [0.29, 0.717) is 0 Å². The number of rotatable bonds is 3. The molecule has 9 nitrogen and oxygen atoms in total.